The van der Waals surface area contributed by atoms with Crippen molar-refractivity contribution in [2.24, 2.45) is 0 Å². The van der Waals surface area contributed by atoms with Crippen LogP contribution in [0, 0.1) is 6.92 Å². The summed E-state index contributed by atoms with van der Waals surface area (Å²) in [6.07, 6.45) is 1.59. The molecule has 0 aromatic heterocycles. The first-order valence-electron chi connectivity index (χ1n) is 5.97. The Bertz CT molecular complexity index is 374. The molecule has 0 aliphatic rings. The van der Waals surface area contributed by atoms with Gasteiger partial charge in [-0.25, -0.2) is 0 Å². The van der Waals surface area contributed by atoms with Crippen molar-refractivity contribution < 1.29 is 9.53 Å². The summed E-state index contributed by atoms with van der Waals surface area (Å²) in [5.41, 5.74) is 2.45. The Kier molecular flexibility index (Phi) is 5.70. The minimum absolute atomic E-state index is 0.234. The second kappa shape index (κ2) is 7.07. The maximum absolute atomic E-state index is 10.7. The second-order valence-electron chi connectivity index (χ2n) is 4.26. The van der Waals surface area contributed by atoms with Gasteiger partial charge in [0.2, 0.25) is 0 Å². The molecule has 1 rings (SSSR count). The van der Waals surface area contributed by atoms with Crippen LogP contribution in [0.5, 0.6) is 5.75 Å². The number of rotatable bonds is 7. The largest absolute Gasteiger partial charge is 0.496 e. The average molecular weight is 235 g/mol. The van der Waals surface area contributed by atoms with Crippen LogP contribution in [-0.2, 0) is 11.2 Å². The van der Waals surface area contributed by atoms with E-state index < -0.39 is 0 Å². The number of benzene rings is 1. The highest BCUT2D eigenvalue weighted by molar-refractivity contribution is 5.75. The Morgan fingerprint density at radius 2 is 2.12 bits per heavy atom. The van der Waals surface area contributed by atoms with Gasteiger partial charge in [0.15, 0.2) is 0 Å². The van der Waals surface area contributed by atoms with Gasteiger partial charge in [-0.05, 0) is 44.0 Å². The minimum atomic E-state index is 0.234. The highest BCUT2D eigenvalue weighted by Gasteiger charge is 2.00. The molecule has 0 saturated heterocycles. The number of aryl methyl sites for hydroxylation is 1. The summed E-state index contributed by atoms with van der Waals surface area (Å²) in [5, 5.41) is 3.26. The second-order valence-corrected chi connectivity index (χ2v) is 4.26. The van der Waals surface area contributed by atoms with Gasteiger partial charge in [0, 0.05) is 13.0 Å². The maximum Gasteiger partial charge on any atom is 0.131 e. The molecular formula is C14H21NO2. The first-order valence-corrected chi connectivity index (χ1v) is 5.97. The smallest absolute Gasteiger partial charge is 0.131 e. The van der Waals surface area contributed by atoms with Crippen molar-refractivity contribution in [2.75, 3.05) is 20.2 Å². The summed E-state index contributed by atoms with van der Waals surface area (Å²) >= 11 is 0. The molecule has 0 fully saturated rings. The first kappa shape index (κ1) is 13.7. The molecule has 0 aliphatic carbocycles. The predicted molar refractivity (Wildman–Crippen MR) is 69.6 cm³/mol. The van der Waals surface area contributed by atoms with Crippen LogP contribution in [0.15, 0.2) is 18.2 Å². The highest BCUT2D eigenvalue weighted by atomic mass is 16.5. The number of carbonyl (C=O) groups is 1. The number of hydrogen-bond acceptors (Lipinski definition) is 3. The van der Waals surface area contributed by atoms with Gasteiger partial charge in [0.05, 0.1) is 7.11 Å². The lowest BCUT2D eigenvalue weighted by Gasteiger charge is -2.08. The zero-order valence-corrected chi connectivity index (χ0v) is 10.9. The molecule has 0 unspecified atom stereocenters. The van der Waals surface area contributed by atoms with Gasteiger partial charge in [-0.1, -0.05) is 12.1 Å². The third-order valence-corrected chi connectivity index (χ3v) is 2.70. The molecule has 0 heterocycles. The van der Waals surface area contributed by atoms with Crippen molar-refractivity contribution in [3.8, 4) is 5.75 Å². The number of nitrogens with one attached hydrogen (secondary N) is 1. The summed E-state index contributed by atoms with van der Waals surface area (Å²) in [4.78, 5) is 10.7. The first-order chi connectivity index (χ1) is 8.13. The normalized spacial score (nSPS) is 10.3. The zero-order valence-electron chi connectivity index (χ0n) is 10.9. The Morgan fingerprint density at radius 3 is 2.71 bits per heavy atom. The molecule has 0 atom stereocenters. The standard InChI is InChI=1S/C14H21NO2/c1-11-10-13(4-5-14(11)17-3)7-9-15-8-6-12(2)16/h4-5,10,15H,6-9H2,1-3H3. The van der Waals surface area contributed by atoms with Gasteiger partial charge in [0.1, 0.15) is 11.5 Å². The fourth-order valence-electron chi connectivity index (χ4n) is 1.72. The minimum Gasteiger partial charge on any atom is -0.496 e. The number of carbonyl (C=O) groups excluding carboxylic acids is 1. The van der Waals surface area contributed by atoms with E-state index in [9.17, 15) is 4.79 Å². The third kappa shape index (κ3) is 5.00. The summed E-state index contributed by atoms with van der Waals surface area (Å²) in [6, 6.07) is 6.23. The van der Waals surface area contributed by atoms with E-state index in [0.29, 0.717) is 6.42 Å². The fraction of sp³-hybridized carbons (Fsp3) is 0.500. The molecule has 0 saturated carbocycles. The van der Waals surface area contributed by atoms with Crippen molar-refractivity contribution in [3.63, 3.8) is 0 Å². The van der Waals surface area contributed by atoms with E-state index in [0.717, 1.165) is 30.8 Å². The van der Waals surface area contributed by atoms with Crippen LogP contribution in [0.3, 0.4) is 0 Å². The Labute approximate surface area is 103 Å². The SMILES string of the molecule is COc1ccc(CCNCCC(C)=O)cc1C. The number of ketones is 1. The lowest BCUT2D eigenvalue weighted by molar-refractivity contribution is -0.116. The molecule has 0 amide bonds. The van der Waals surface area contributed by atoms with Crippen LogP contribution < -0.4 is 10.1 Å². The van der Waals surface area contributed by atoms with Crippen molar-refractivity contribution in [1.82, 2.24) is 5.32 Å². The topological polar surface area (TPSA) is 38.3 Å². The van der Waals surface area contributed by atoms with Gasteiger partial charge in [0.25, 0.3) is 0 Å². The molecule has 94 valence electrons. The molecule has 17 heavy (non-hydrogen) atoms. The van der Waals surface area contributed by atoms with Crippen LogP contribution in [0.1, 0.15) is 24.5 Å². The molecule has 3 heteroatoms. The van der Waals surface area contributed by atoms with E-state index in [1.165, 1.54) is 5.56 Å². The van der Waals surface area contributed by atoms with Crippen LogP contribution in [0.2, 0.25) is 0 Å². The number of ether oxygens (including phenoxy) is 1. The van der Waals surface area contributed by atoms with Crippen molar-refractivity contribution >= 4 is 5.78 Å². The summed E-state index contributed by atoms with van der Waals surface area (Å²) in [6.45, 7) is 5.34. The van der Waals surface area contributed by atoms with E-state index >= 15 is 0 Å². The third-order valence-electron chi connectivity index (χ3n) is 2.70. The van der Waals surface area contributed by atoms with Crippen molar-refractivity contribution in [2.45, 2.75) is 26.7 Å². The molecule has 1 aromatic rings. The van der Waals surface area contributed by atoms with Gasteiger partial charge in [-0.2, -0.15) is 0 Å². The predicted octanol–water partition coefficient (Wildman–Crippen LogP) is 2.11. The van der Waals surface area contributed by atoms with E-state index in [1.807, 2.05) is 13.0 Å². The Hall–Kier alpha value is -1.35. The highest BCUT2D eigenvalue weighted by Crippen LogP contribution is 2.18. The van der Waals surface area contributed by atoms with Gasteiger partial charge in [-0.3, -0.25) is 4.79 Å². The summed E-state index contributed by atoms with van der Waals surface area (Å²) < 4.78 is 5.22. The van der Waals surface area contributed by atoms with Crippen molar-refractivity contribution in [1.29, 1.82) is 0 Å². The Balaban J connectivity index is 2.32. The molecule has 0 bridgehead atoms. The molecule has 1 aromatic carbocycles. The molecule has 0 aliphatic heterocycles. The van der Waals surface area contributed by atoms with E-state index in [1.54, 1.807) is 14.0 Å². The maximum atomic E-state index is 10.7. The van der Waals surface area contributed by atoms with Crippen LogP contribution >= 0.6 is 0 Å². The number of methoxy groups -OCH3 is 1. The summed E-state index contributed by atoms with van der Waals surface area (Å²) in [5.74, 6) is 1.16. The lowest BCUT2D eigenvalue weighted by Crippen LogP contribution is -2.20. The number of hydrogen-bond donors (Lipinski definition) is 1. The van der Waals surface area contributed by atoms with Gasteiger partial charge < -0.3 is 10.1 Å². The monoisotopic (exact) mass is 235 g/mol. The van der Waals surface area contributed by atoms with E-state index in [2.05, 4.69) is 17.4 Å². The van der Waals surface area contributed by atoms with Crippen LogP contribution in [-0.4, -0.2) is 26.0 Å². The summed E-state index contributed by atoms with van der Waals surface area (Å²) in [7, 11) is 1.69. The molecule has 0 spiro atoms. The van der Waals surface area contributed by atoms with E-state index in [-0.39, 0.29) is 5.78 Å². The molecule has 3 nitrogen and oxygen atoms in total. The molecule has 0 radical (unpaired) electrons. The zero-order chi connectivity index (χ0) is 12.7. The van der Waals surface area contributed by atoms with Gasteiger partial charge in [-0.15, -0.1) is 0 Å². The number of Topliss-reactive ketones (excluding diaryl/α,β-unsaturated/α-hetero) is 1. The van der Waals surface area contributed by atoms with E-state index in [4.69, 9.17) is 4.74 Å². The van der Waals surface area contributed by atoms with Crippen LogP contribution in [0.4, 0.5) is 0 Å². The van der Waals surface area contributed by atoms with Crippen molar-refractivity contribution in [3.05, 3.63) is 29.3 Å². The fourth-order valence-corrected chi connectivity index (χ4v) is 1.72. The molecule has 1 N–H and O–H groups in total. The van der Waals surface area contributed by atoms with Gasteiger partial charge >= 0.3 is 0 Å². The van der Waals surface area contributed by atoms with Crippen LogP contribution in [0.25, 0.3) is 0 Å². The molecular weight excluding hydrogens is 214 g/mol. The lowest BCUT2D eigenvalue weighted by atomic mass is 10.1. The quantitative estimate of drug-likeness (QED) is 0.736. The Morgan fingerprint density at radius 1 is 1.35 bits per heavy atom. The average Bonchev–Trinajstić information content (AvgIpc) is 2.28.